The summed E-state index contributed by atoms with van der Waals surface area (Å²) in [6.07, 6.45) is 2.65. The summed E-state index contributed by atoms with van der Waals surface area (Å²) in [6.45, 7) is 4.43. The van der Waals surface area contributed by atoms with Crippen LogP contribution in [0.5, 0.6) is 5.75 Å². The van der Waals surface area contributed by atoms with Gasteiger partial charge in [-0.1, -0.05) is 12.1 Å². The van der Waals surface area contributed by atoms with Gasteiger partial charge in [-0.2, -0.15) is 5.10 Å². The van der Waals surface area contributed by atoms with Gasteiger partial charge in [0.05, 0.1) is 24.9 Å². The lowest BCUT2D eigenvalue weighted by atomic mass is 10.0. The zero-order valence-electron chi connectivity index (χ0n) is 16.3. The monoisotopic (exact) mass is 379 g/mol. The van der Waals surface area contributed by atoms with E-state index in [4.69, 9.17) is 15.6 Å². The normalized spacial score (nSPS) is 16.7. The Morgan fingerprint density at radius 3 is 2.96 bits per heavy atom. The van der Waals surface area contributed by atoms with Gasteiger partial charge in [0, 0.05) is 37.1 Å². The minimum absolute atomic E-state index is 0.00636. The molecule has 1 aromatic carbocycles. The number of amides is 1. The lowest BCUT2D eigenvalue weighted by Crippen LogP contribution is -2.29. The van der Waals surface area contributed by atoms with E-state index in [1.807, 2.05) is 46.8 Å². The summed E-state index contributed by atoms with van der Waals surface area (Å²) in [5.74, 6) is 0.843. The fourth-order valence-electron chi connectivity index (χ4n) is 4.04. The van der Waals surface area contributed by atoms with Crippen molar-refractivity contribution in [2.24, 2.45) is 5.73 Å². The number of benzene rings is 1. The van der Waals surface area contributed by atoms with Crippen LogP contribution in [0.15, 0.2) is 36.5 Å². The standard InChI is InChI=1S/C21H25N5O2/c1-14-5-3-6-17(19(14)28-2)21(27)25-11-8-15(13-25)18-16-7-4-10-23-20(16)26(24-18)12-9-22/h3-7,10,15H,8-9,11-13,22H2,1-2H3/t15-/m1/s1. The van der Waals surface area contributed by atoms with Crippen molar-refractivity contribution >= 4 is 16.9 Å². The van der Waals surface area contributed by atoms with Crippen LogP contribution in [0.3, 0.4) is 0 Å². The van der Waals surface area contributed by atoms with E-state index < -0.39 is 0 Å². The fraction of sp³-hybridized carbons (Fsp3) is 0.381. The number of methoxy groups -OCH3 is 1. The Labute approximate surface area is 164 Å². The van der Waals surface area contributed by atoms with Crippen molar-refractivity contribution in [2.75, 3.05) is 26.7 Å². The van der Waals surface area contributed by atoms with Crippen LogP contribution >= 0.6 is 0 Å². The molecular weight excluding hydrogens is 354 g/mol. The van der Waals surface area contributed by atoms with Crippen LogP contribution in [0.1, 0.15) is 34.0 Å². The molecule has 1 aliphatic heterocycles. The van der Waals surface area contributed by atoms with Crippen LogP contribution in [0, 0.1) is 6.92 Å². The number of likely N-dealkylation sites (tertiary alicyclic amines) is 1. The molecule has 0 spiro atoms. The highest BCUT2D eigenvalue weighted by molar-refractivity contribution is 5.97. The molecule has 146 valence electrons. The first kappa shape index (κ1) is 18.4. The molecular formula is C21H25N5O2. The number of nitrogens with zero attached hydrogens (tertiary/aromatic N) is 4. The van der Waals surface area contributed by atoms with Crippen LogP contribution in [0.2, 0.25) is 0 Å². The number of fused-ring (bicyclic) bond motifs is 1. The predicted molar refractivity (Wildman–Crippen MR) is 108 cm³/mol. The summed E-state index contributed by atoms with van der Waals surface area (Å²) in [4.78, 5) is 19.5. The number of ether oxygens (including phenoxy) is 1. The predicted octanol–water partition coefficient (Wildman–Crippen LogP) is 2.34. The van der Waals surface area contributed by atoms with Crippen LogP contribution in [-0.4, -0.2) is 52.3 Å². The maximum absolute atomic E-state index is 13.1. The molecule has 1 fully saturated rings. The van der Waals surface area contributed by atoms with Crippen LogP contribution in [-0.2, 0) is 6.54 Å². The smallest absolute Gasteiger partial charge is 0.257 e. The van der Waals surface area contributed by atoms with E-state index in [1.54, 1.807) is 13.3 Å². The summed E-state index contributed by atoms with van der Waals surface area (Å²) in [6, 6.07) is 9.65. The van der Waals surface area contributed by atoms with E-state index in [1.165, 1.54) is 0 Å². The number of hydrogen-bond donors (Lipinski definition) is 1. The third-order valence-corrected chi connectivity index (χ3v) is 5.39. The highest BCUT2D eigenvalue weighted by Gasteiger charge is 2.32. The molecule has 0 unspecified atom stereocenters. The SMILES string of the molecule is COc1c(C)cccc1C(=O)N1CC[C@@H](c2nn(CCN)c3ncccc23)C1. The minimum atomic E-state index is 0.00636. The van der Waals surface area contributed by atoms with Gasteiger partial charge in [0.1, 0.15) is 5.75 Å². The fourth-order valence-corrected chi connectivity index (χ4v) is 4.04. The molecule has 0 radical (unpaired) electrons. The number of aryl methyl sites for hydroxylation is 1. The van der Waals surface area contributed by atoms with Crippen molar-refractivity contribution in [3.63, 3.8) is 0 Å². The second-order valence-electron chi connectivity index (χ2n) is 7.16. The van der Waals surface area contributed by atoms with Gasteiger partial charge < -0.3 is 15.4 Å². The van der Waals surface area contributed by atoms with Crippen molar-refractivity contribution in [2.45, 2.75) is 25.8 Å². The van der Waals surface area contributed by atoms with Gasteiger partial charge in [0.2, 0.25) is 0 Å². The van der Waals surface area contributed by atoms with Gasteiger partial charge in [-0.15, -0.1) is 0 Å². The minimum Gasteiger partial charge on any atom is -0.496 e. The molecule has 1 saturated heterocycles. The van der Waals surface area contributed by atoms with Gasteiger partial charge in [0.25, 0.3) is 5.91 Å². The first-order valence-corrected chi connectivity index (χ1v) is 9.58. The highest BCUT2D eigenvalue weighted by Crippen LogP contribution is 2.33. The average Bonchev–Trinajstić information content (AvgIpc) is 3.33. The maximum atomic E-state index is 13.1. The summed E-state index contributed by atoms with van der Waals surface area (Å²) in [7, 11) is 1.61. The van der Waals surface area contributed by atoms with Gasteiger partial charge >= 0.3 is 0 Å². The number of nitrogens with two attached hydrogens (primary N) is 1. The maximum Gasteiger partial charge on any atom is 0.257 e. The molecule has 2 N–H and O–H groups in total. The van der Waals surface area contributed by atoms with E-state index >= 15 is 0 Å². The molecule has 2 aromatic heterocycles. The molecule has 1 aliphatic rings. The van der Waals surface area contributed by atoms with E-state index in [2.05, 4.69) is 4.98 Å². The molecule has 1 amide bonds. The van der Waals surface area contributed by atoms with Crippen molar-refractivity contribution in [1.29, 1.82) is 0 Å². The molecule has 0 bridgehead atoms. The Bertz CT molecular complexity index is 1010. The Kier molecular flexibility index (Phi) is 5.00. The third kappa shape index (κ3) is 3.11. The third-order valence-electron chi connectivity index (χ3n) is 5.39. The van der Waals surface area contributed by atoms with Crippen molar-refractivity contribution < 1.29 is 9.53 Å². The largest absolute Gasteiger partial charge is 0.496 e. The molecule has 1 atom stereocenters. The number of aromatic nitrogens is 3. The van der Waals surface area contributed by atoms with E-state index in [9.17, 15) is 4.79 Å². The number of hydrogen-bond acceptors (Lipinski definition) is 5. The van der Waals surface area contributed by atoms with Crippen molar-refractivity contribution in [3.05, 3.63) is 53.3 Å². The van der Waals surface area contributed by atoms with Crippen molar-refractivity contribution in [3.8, 4) is 5.75 Å². The average molecular weight is 379 g/mol. The van der Waals surface area contributed by atoms with E-state index in [0.717, 1.165) is 28.7 Å². The van der Waals surface area contributed by atoms with Gasteiger partial charge in [-0.25, -0.2) is 9.67 Å². The zero-order valence-corrected chi connectivity index (χ0v) is 16.3. The van der Waals surface area contributed by atoms with Crippen LogP contribution in [0.25, 0.3) is 11.0 Å². The van der Waals surface area contributed by atoms with E-state index in [0.29, 0.717) is 37.5 Å². The Balaban J connectivity index is 1.61. The van der Waals surface area contributed by atoms with Gasteiger partial charge in [-0.3, -0.25) is 4.79 Å². The highest BCUT2D eigenvalue weighted by atomic mass is 16.5. The number of carbonyl (C=O) groups is 1. The molecule has 4 rings (SSSR count). The topological polar surface area (TPSA) is 86.3 Å². The Morgan fingerprint density at radius 1 is 1.32 bits per heavy atom. The summed E-state index contributed by atoms with van der Waals surface area (Å²) in [5.41, 5.74) is 9.16. The molecule has 7 nitrogen and oxygen atoms in total. The van der Waals surface area contributed by atoms with E-state index in [-0.39, 0.29) is 11.8 Å². The van der Waals surface area contributed by atoms with Gasteiger partial charge in [-0.05, 0) is 37.1 Å². The molecule has 28 heavy (non-hydrogen) atoms. The lowest BCUT2D eigenvalue weighted by molar-refractivity contribution is 0.0787. The number of para-hydroxylation sites is 1. The lowest BCUT2D eigenvalue weighted by Gasteiger charge is -2.19. The molecule has 7 heteroatoms. The summed E-state index contributed by atoms with van der Waals surface area (Å²) >= 11 is 0. The molecule has 0 saturated carbocycles. The Morgan fingerprint density at radius 2 is 2.18 bits per heavy atom. The first-order chi connectivity index (χ1) is 13.6. The second-order valence-corrected chi connectivity index (χ2v) is 7.16. The second kappa shape index (κ2) is 7.59. The summed E-state index contributed by atoms with van der Waals surface area (Å²) < 4.78 is 7.35. The summed E-state index contributed by atoms with van der Waals surface area (Å²) in [5, 5.41) is 5.83. The Hall–Kier alpha value is -2.93. The van der Waals surface area contributed by atoms with Crippen molar-refractivity contribution in [1.82, 2.24) is 19.7 Å². The van der Waals surface area contributed by atoms with Crippen LogP contribution in [0.4, 0.5) is 0 Å². The zero-order chi connectivity index (χ0) is 19.7. The molecule has 3 aromatic rings. The van der Waals surface area contributed by atoms with Crippen LogP contribution < -0.4 is 10.5 Å². The first-order valence-electron chi connectivity index (χ1n) is 9.58. The number of carbonyl (C=O) groups excluding carboxylic acids is 1. The number of pyridine rings is 1. The number of rotatable bonds is 5. The van der Waals surface area contributed by atoms with Gasteiger partial charge in [0.15, 0.2) is 5.65 Å². The quantitative estimate of drug-likeness (QED) is 0.735. The molecule has 0 aliphatic carbocycles. The molecule has 3 heterocycles.